The van der Waals surface area contributed by atoms with Crippen molar-refractivity contribution >= 4 is 11.8 Å². The Balaban J connectivity index is 1.86. The van der Waals surface area contributed by atoms with Crippen molar-refractivity contribution in [1.82, 2.24) is 20.2 Å². The lowest BCUT2D eigenvalue weighted by molar-refractivity contribution is -0.121. The van der Waals surface area contributed by atoms with Crippen LogP contribution in [0.5, 0.6) is 0 Å². The molecule has 0 aliphatic carbocycles. The molecule has 0 saturated heterocycles. The minimum absolute atomic E-state index is 0.166. The first-order chi connectivity index (χ1) is 11.7. The first-order valence-corrected chi connectivity index (χ1v) is 7.54. The van der Waals surface area contributed by atoms with Crippen molar-refractivity contribution in [2.24, 2.45) is 0 Å². The van der Waals surface area contributed by atoms with Gasteiger partial charge in [-0.25, -0.2) is 4.98 Å². The summed E-state index contributed by atoms with van der Waals surface area (Å²) in [7, 11) is 1.56. The minimum Gasteiger partial charge on any atom is -0.467 e. The van der Waals surface area contributed by atoms with Gasteiger partial charge in [0.1, 0.15) is 11.5 Å². The maximum absolute atomic E-state index is 12.4. The molecule has 24 heavy (non-hydrogen) atoms. The summed E-state index contributed by atoms with van der Waals surface area (Å²) in [6, 6.07) is 3.54. The number of hydrogen-bond acceptors (Lipinski definition) is 6. The van der Waals surface area contributed by atoms with Gasteiger partial charge in [0.05, 0.1) is 25.6 Å². The normalized spacial score (nSPS) is 10.4. The molecule has 0 saturated carbocycles. The Morgan fingerprint density at radius 2 is 2.21 bits per heavy atom. The average Bonchev–Trinajstić information content (AvgIpc) is 3.14. The van der Waals surface area contributed by atoms with Crippen LogP contribution in [0.2, 0.25) is 0 Å². The predicted molar refractivity (Wildman–Crippen MR) is 85.0 cm³/mol. The zero-order valence-electron chi connectivity index (χ0n) is 13.5. The van der Waals surface area contributed by atoms with Crippen molar-refractivity contribution in [3.05, 3.63) is 48.4 Å². The second-order valence-corrected chi connectivity index (χ2v) is 4.98. The van der Waals surface area contributed by atoms with Crippen LogP contribution in [0.1, 0.15) is 22.7 Å². The largest absolute Gasteiger partial charge is 0.467 e. The monoisotopic (exact) mass is 332 g/mol. The van der Waals surface area contributed by atoms with E-state index in [1.807, 2.05) is 0 Å². The molecular formula is C16H20N4O4. The number of carbonyl (C=O) groups excluding carboxylic acids is 2. The molecule has 0 aliphatic heterocycles. The molecule has 0 unspecified atom stereocenters. The molecule has 2 heterocycles. The van der Waals surface area contributed by atoms with E-state index in [1.54, 1.807) is 25.5 Å². The molecule has 0 aromatic carbocycles. The zero-order valence-corrected chi connectivity index (χ0v) is 13.5. The topological polar surface area (TPSA) is 97.6 Å². The van der Waals surface area contributed by atoms with Crippen LogP contribution in [0.4, 0.5) is 0 Å². The van der Waals surface area contributed by atoms with E-state index in [4.69, 9.17) is 9.15 Å². The Labute approximate surface area is 139 Å². The van der Waals surface area contributed by atoms with E-state index >= 15 is 0 Å². The number of nitrogens with one attached hydrogen (secondary N) is 1. The van der Waals surface area contributed by atoms with Crippen LogP contribution >= 0.6 is 0 Å². The van der Waals surface area contributed by atoms with Crippen LogP contribution in [0.3, 0.4) is 0 Å². The number of methoxy groups -OCH3 is 1. The van der Waals surface area contributed by atoms with Crippen LogP contribution in [-0.2, 0) is 16.1 Å². The number of rotatable bonds is 9. The third-order valence-corrected chi connectivity index (χ3v) is 3.28. The van der Waals surface area contributed by atoms with E-state index in [0.29, 0.717) is 25.5 Å². The van der Waals surface area contributed by atoms with E-state index in [0.717, 1.165) is 0 Å². The van der Waals surface area contributed by atoms with Crippen LogP contribution in [0, 0.1) is 0 Å². The molecule has 0 spiro atoms. The summed E-state index contributed by atoms with van der Waals surface area (Å²) in [5, 5.41) is 2.75. The average molecular weight is 332 g/mol. The van der Waals surface area contributed by atoms with Gasteiger partial charge in [-0.2, -0.15) is 0 Å². The smallest absolute Gasteiger partial charge is 0.274 e. The van der Waals surface area contributed by atoms with Gasteiger partial charge in [-0.1, -0.05) is 0 Å². The lowest BCUT2D eigenvalue weighted by atomic mass is 10.3. The van der Waals surface area contributed by atoms with Crippen molar-refractivity contribution in [2.45, 2.75) is 13.0 Å². The Morgan fingerprint density at radius 3 is 2.88 bits per heavy atom. The third kappa shape index (κ3) is 5.47. The van der Waals surface area contributed by atoms with Crippen molar-refractivity contribution in [1.29, 1.82) is 0 Å². The molecule has 2 aromatic rings. The molecule has 1 N–H and O–H groups in total. The number of furan rings is 1. The van der Waals surface area contributed by atoms with Crippen LogP contribution in [-0.4, -0.2) is 53.5 Å². The van der Waals surface area contributed by atoms with Crippen molar-refractivity contribution in [3.63, 3.8) is 0 Å². The fourth-order valence-electron chi connectivity index (χ4n) is 2.01. The highest BCUT2D eigenvalue weighted by Gasteiger charge is 2.18. The molecule has 2 aromatic heterocycles. The molecule has 2 rings (SSSR count). The van der Waals surface area contributed by atoms with Gasteiger partial charge in [0.15, 0.2) is 0 Å². The molecule has 8 heteroatoms. The van der Waals surface area contributed by atoms with Crippen molar-refractivity contribution in [2.75, 3.05) is 26.8 Å². The fourth-order valence-corrected chi connectivity index (χ4v) is 2.01. The number of nitrogens with zero attached hydrogens (tertiary/aromatic N) is 3. The van der Waals surface area contributed by atoms with Gasteiger partial charge in [0.2, 0.25) is 5.91 Å². The maximum Gasteiger partial charge on any atom is 0.274 e. The van der Waals surface area contributed by atoms with Gasteiger partial charge in [-0.3, -0.25) is 14.6 Å². The summed E-state index contributed by atoms with van der Waals surface area (Å²) in [5.74, 6) is 0.231. The van der Waals surface area contributed by atoms with Crippen molar-refractivity contribution in [3.8, 4) is 0 Å². The molecule has 0 radical (unpaired) electrons. The number of carbonyl (C=O) groups is 2. The summed E-state index contributed by atoms with van der Waals surface area (Å²) in [5.41, 5.74) is 0.240. The predicted octanol–water partition coefficient (Wildman–Crippen LogP) is 0.865. The first-order valence-electron chi connectivity index (χ1n) is 7.54. The lowest BCUT2D eigenvalue weighted by Gasteiger charge is -2.21. The highest BCUT2D eigenvalue weighted by molar-refractivity contribution is 5.92. The second kappa shape index (κ2) is 9.41. The van der Waals surface area contributed by atoms with Crippen LogP contribution in [0.15, 0.2) is 41.4 Å². The van der Waals surface area contributed by atoms with Gasteiger partial charge < -0.3 is 19.4 Å². The van der Waals surface area contributed by atoms with E-state index in [2.05, 4.69) is 15.3 Å². The van der Waals surface area contributed by atoms with Gasteiger partial charge in [-0.15, -0.1) is 0 Å². The molecule has 0 bridgehead atoms. The van der Waals surface area contributed by atoms with Crippen LogP contribution in [0.25, 0.3) is 0 Å². The Hall–Kier alpha value is -2.74. The quantitative estimate of drug-likeness (QED) is 0.731. The van der Waals surface area contributed by atoms with E-state index < -0.39 is 0 Å². The standard InChI is InChI=1S/C16H20N4O4/c1-23-10-8-20(16(22)14-12-17-5-6-18-14)7-4-15(21)19-11-13-3-2-9-24-13/h2-3,5-6,9,12H,4,7-8,10-11H2,1H3,(H,19,21). The molecule has 0 aliphatic rings. The molecular weight excluding hydrogens is 312 g/mol. The highest BCUT2D eigenvalue weighted by Crippen LogP contribution is 2.03. The first kappa shape index (κ1) is 17.6. The highest BCUT2D eigenvalue weighted by atomic mass is 16.5. The number of amides is 2. The van der Waals surface area contributed by atoms with E-state index in [1.165, 1.54) is 23.5 Å². The zero-order chi connectivity index (χ0) is 17.2. The van der Waals surface area contributed by atoms with Crippen LogP contribution < -0.4 is 5.32 Å². The van der Waals surface area contributed by atoms with Crippen molar-refractivity contribution < 1.29 is 18.7 Å². The molecule has 8 nitrogen and oxygen atoms in total. The molecule has 0 fully saturated rings. The summed E-state index contributed by atoms with van der Waals surface area (Å²) >= 11 is 0. The summed E-state index contributed by atoms with van der Waals surface area (Å²) in [6.45, 7) is 1.34. The Bertz CT molecular complexity index is 631. The lowest BCUT2D eigenvalue weighted by Crippen LogP contribution is -2.37. The third-order valence-electron chi connectivity index (χ3n) is 3.28. The number of hydrogen-bond donors (Lipinski definition) is 1. The minimum atomic E-state index is -0.279. The van der Waals surface area contributed by atoms with E-state index in [9.17, 15) is 9.59 Å². The van der Waals surface area contributed by atoms with Gasteiger partial charge >= 0.3 is 0 Å². The Kier molecular flexibility index (Phi) is 6.91. The Morgan fingerprint density at radius 1 is 1.33 bits per heavy atom. The van der Waals surface area contributed by atoms with Gasteiger partial charge in [0, 0.05) is 39.0 Å². The SMILES string of the molecule is COCCN(CCC(=O)NCc1ccco1)C(=O)c1cnccn1. The maximum atomic E-state index is 12.4. The molecule has 0 atom stereocenters. The number of aromatic nitrogens is 2. The van der Waals surface area contributed by atoms with Gasteiger partial charge in [-0.05, 0) is 12.1 Å². The second-order valence-electron chi connectivity index (χ2n) is 4.98. The number of ether oxygens (including phenoxy) is 1. The van der Waals surface area contributed by atoms with E-state index in [-0.39, 0.29) is 30.5 Å². The fraction of sp³-hybridized carbons (Fsp3) is 0.375. The summed E-state index contributed by atoms with van der Waals surface area (Å²) in [4.78, 5) is 33.8. The summed E-state index contributed by atoms with van der Waals surface area (Å²) < 4.78 is 10.2. The summed E-state index contributed by atoms with van der Waals surface area (Å²) in [6.07, 6.45) is 6.08. The molecule has 2 amide bonds. The van der Waals surface area contributed by atoms with Gasteiger partial charge in [0.25, 0.3) is 5.91 Å². The molecule has 128 valence electrons.